The van der Waals surface area contributed by atoms with E-state index in [4.69, 9.17) is 11.6 Å². The molecule has 2 fully saturated rings. The van der Waals surface area contributed by atoms with Crippen LogP contribution in [0.4, 0.5) is 24.7 Å². The summed E-state index contributed by atoms with van der Waals surface area (Å²) in [6.45, 7) is 3.28. The van der Waals surface area contributed by atoms with Crippen LogP contribution in [0.25, 0.3) is 0 Å². The molecule has 2 aromatic rings. The standard InChI is InChI=1S/C22H24ClF3N4O/c23-17-5-1-6-18(14-17)28-10-12-29(13-11-28)21(31)16-4-3-9-30(15-16)20-19(22(24,25)26)7-2-8-27-20/h1-2,5-8,14,16H,3-4,9-13,15H2. The SMILES string of the molecule is O=C(C1CCCN(c2ncccc2C(F)(F)F)C1)N1CCN(c2cccc(Cl)c2)CC1. The lowest BCUT2D eigenvalue weighted by Crippen LogP contribution is -2.52. The van der Waals surface area contributed by atoms with Crippen molar-refractivity contribution in [2.75, 3.05) is 49.1 Å². The molecule has 4 rings (SSSR count). The maximum atomic E-state index is 13.4. The van der Waals surface area contributed by atoms with Crippen LogP contribution in [0, 0.1) is 5.92 Å². The topological polar surface area (TPSA) is 39.7 Å². The molecule has 0 saturated carbocycles. The fraction of sp³-hybridized carbons (Fsp3) is 0.455. The van der Waals surface area contributed by atoms with Crippen molar-refractivity contribution in [3.05, 3.63) is 53.2 Å². The minimum Gasteiger partial charge on any atom is -0.368 e. The first-order valence-electron chi connectivity index (χ1n) is 10.4. The quantitative estimate of drug-likeness (QED) is 0.695. The first kappa shape index (κ1) is 21.7. The Morgan fingerprint density at radius 3 is 2.52 bits per heavy atom. The normalized spacial score (nSPS) is 20.1. The van der Waals surface area contributed by atoms with Crippen molar-refractivity contribution in [3.8, 4) is 0 Å². The molecule has 1 aromatic carbocycles. The Morgan fingerprint density at radius 1 is 1.03 bits per heavy atom. The number of anilines is 2. The molecular weight excluding hydrogens is 429 g/mol. The van der Waals surface area contributed by atoms with Crippen molar-refractivity contribution >= 4 is 29.0 Å². The molecule has 0 radical (unpaired) electrons. The first-order valence-corrected chi connectivity index (χ1v) is 10.8. The third-order valence-corrected chi connectivity index (χ3v) is 6.16. The average Bonchev–Trinajstić information content (AvgIpc) is 2.78. The monoisotopic (exact) mass is 452 g/mol. The van der Waals surface area contributed by atoms with Crippen LogP contribution in [0.2, 0.25) is 5.02 Å². The molecule has 1 aromatic heterocycles. The molecule has 1 amide bonds. The van der Waals surface area contributed by atoms with Crippen LogP contribution in [0.1, 0.15) is 18.4 Å². The molecule has 0 spiro atoms. The number of rotatable bonds is 3. The number of benzene rings is 1. The molecule has 3 heterocycles. The summed E-state index contributed by atoms with van der Waals surface area (Å²) in [5, 5.41) is 0.672. The van der Waals surface area contributed by atoms with Gasteiger partial charge in [0.1, 0.15) is 5.82 Å². The van der Waals surface area contributed by atoms with E-state index in [9.17, 15) is 18.0 Å². The number of aromatic nitrogens is 1. The third-order valence-electron chi connectivity index (χ3n) is 5.93. The minimum atomic E-state index is -4.47. The third kappa shape index (κ3) is 4.89. The van der Waals surface area contributed by atoms with E-state index in [1.54, 1.807) is 4.90 Å². The van der Waals surface area contributed by atoms with Gasteiger partial charge in [-0.25, -0.2) is 4.98 Å². The van der Waals surface area contributed by atoms with Crippen molar-refractivity contribution in [1.82, 2.24) is 9.88 Å². The maximum Gasteiger partial charge on any atom is 0.419 e. The van der Waals surface area contributed by atoms with E-state index in [2.05, 4.69) is 9.88 Å². The van der Waals surface area contributed by atoms with Gasteiger partial charge >= 0.3 is 6.18 Å². The maximum absolute atomic E-state index is 13.4. The van der Waals surface area contributed by atoms with Gasteiger partial charge in [0.2, 0.25) is 5.91 Å². The first-order chi connectivity index (χ1) is 14.8. The Balaban J connectivity index is 1.40. The Bertz CT molecular complexity index is 931. The predicted octanol–water partition coefficient (Wildman–Crippen LogP) is 4.32. The van der Waals surface area contributed by atoms with Gasteiger partial charge in [0.05, 0.1) is 11.5 Å². The zero-order valence-corrected chi connectivity index (χ0v) is 17.7. The fourth-order valence-electron chi connectivity index (χ4n) is 4.36. The van der Waals surface area contributed by atoms with Crippen molar-refractivity contribution in [2.24, 2.45) is 5.92 Å². The number of hydrogen-bond acceptors (Lipinski definition) is 4. The van der Waals surface area contributed by atoms with E-state index in [1.165, 1.54) is 12.3 Å². The van der Waals surface area contributed by atoms with Crippen LogP contribution in [0.3, 0.4) is 0 Å². The van der Waals surface area contributed by atoms with E-state index in [0.717, 1.165) is 11.8 Å². The second-order valence-electron chi connectivity index (χ2n) is 7.95. The van der Waals surface area contributed by atoms with E-state index in [0.29, 0.717) is 50.6 Å². The number of nitrogens with zero attached hydrogens (tertiary/aromatic N) is 4. The van der Waals surface area contributed by atoms with Crippen LogP contribution in [-0.2, 0) is 11.0 Å². The largest absolute Gasteiger partial charge is 0.419 e. The molecular formula is C22H24ClF3N4O. The van der Waals surface area contributed by atoms with Gasteiger partial charge in [-0.1, -0.05) is 17.7 Å². The molecule has 5 nitrogen and oxygen atoms in total. The Kier molecular flexibility index (Phi) is 6.27. The number of pyridine rings is 1. The summed E-state index contributed by atoms with van der Waals surface area (Å²) in [5.74, 6) is -0.396. The molecule has 2 aliphatic rings. The Labute approximate surface area is 184 Å². The van der Waals surface area contributed by atoms with Gasteiger partial charge in [0, 0.05) is 56.2 Å². The highest BCUT2D eigenvalue weighted by atomic mass is 35.5. The lowest BCUT2D eigenvalue weighted by molar-refractivity contribution is -0.137. The summed E-state index contributed by atoms with van der Waals surface area (Å²) in [6, 6.07) is 9.96. The minimum absolute atomic E-state index is 0.0138. The van der Waals surface area contributed by atoms with Crippen LogP contribution < -0.4 is 9.80 Å². The lowest BCUT2D eigenvalue weighted by atomic mass is 9.95. The second kappa shape index (κ2) is 8.94. The van der Waals surface area contributed by atoms with Crippen LogP contribution in [-0.4, -0.2) is 55.1 Å². The number of piperazine rings is 1. The van der Waals surface area contributed by atoms with Crippen LogP contribution >= 0.6 is 11.6 Å². The average molecular weight is 453 g/mol. The molecule has 1 unspecified atom stereocenters. The van der Waals surface area contributed by atoms with E-state index < -0.39 is 11.7 Å². The van der Waals surface area contributed by atoms with E-state index in [-0.39, 0.29) is 24.2 Å². The number of amides is 1. The highest BCUT2D eigenvalue weighted by Crippen LogP contribution is 2.36. The fourth-order valence-corrected chi connectivity index (χ4v) is 4.54. The van der Waals surface area contributed by atoms with Gasteiger partial charge < -0.3 is 14.7 Å². The van der Waals surface area contributed by atoms with Crippen molar-refractivity contribution in [3.63, 3.8) is 0 Å². The zero-order chi connectivity index (χ0) is 22.0. The van der Waals surface area contributed by atoms with Gasteiger partial charge in [-0.15, -0.1) is 0 Å². The number of alkyl halides is 3. The van der Waals surface area contributed by atoms with Crippen molar-refractivity contribution in [1.29, 1.82) is 0 Å². The molecule has 0 aliphatic carbocycles. The summed E-state index contributed by atoms with van der Waals surface area (Å²) in [5.41, 5.74) is 0.275. The van der Waals surface area contributed by atoms with Gasteiger partial charge in [0.15, 0.2) is 0 Å². The number of carbonyl (C=O) groups is 1. The molecule has 0 N–H and O–H groups in total. The molecule has 1 atom stereocenters. The molecule has 2 aliphatic heterocycles. The summed E-state index contributed by atoms with van der Waals surface area (Å²) >= 11 is 6.08. The second-order valence-corrected chi connectivity index (χ2v) is 8.39. The zero-order valence-electron chi connectivity index (χ0n) is 17.0. The number of halogens is 4. The smallest absolute Gasteiger partial charge is 0.368 e. The van der Waals surface area contributed by atoms with Gasteiger partial charge in [0.25, 0.3) is 0 Å². The van der Waals surface area contributed by atoms with Gasteiger partial charge in [-0.3, -0.25) is 4.79 Å². The number of hydrogen-bond donors (Lipinski definition) is 0. The summed E-state index contributed by atoms with van der Waals surface area (Å²) < 4.78 is 40.2. The number of carbonyl (C=O) groups excluding carboxylic acids is 1. The molecule has 9 heteroatoms. The van der Waals surface area contributed by atoms with Gasteiger partial charge in [-0.05, 0) is 43.2 Å². The van der Waals surface area contributed by atoms with Crippen molar-refractivity contribution in [2.45, 2.75) is 19.0 Å². The summed E-state index contributed by atoms with van der Waals surface area (Å²) in [6.07, 6.45) is -1.77. The molecule has 0 bridgehead atoms. The van der Waals surface area contributed by atoms with E-state index in [1.807, 2.05) is 29.2 Å². The highest BCUT2D eigenvalue weighted by molar-refractivity contribution is 6.30. The predicted molar refractivity (Wildman–Crippen MR) is 114 cm³/mol. The van der Waals surface area contributed by atoms with Crippen LogP contribution in [0.15, 0.2) is 42.6 Å². The highest BCUT2D eigenvalue weighted by Gasteiger charge is 2.38. The molecule has 2 saturated heterocycles. The molecule has 31 heavy (non-hydrogen) atoms. The van der Waals surface area contributed by atoms with E-state index >= 15 is 0 Å². The Hall–Kier alpha value is -2.48. The van der Waals surface area contributed by atoms with Crippen LogP contribution in [0.5, 0.6) is 0 Å². The van der Waals surface area contributed by atoms with Gasteiger partial charge in [-0.2, -0.15) is 13.2 Å². The number of piperidine rings is 1. The molecule has 166 valence electrons. The van der Waals surface area contributed by atoms with Crippen molar-refractivity contribution < 1.29 is 18.0 Å². The lowest BCUT2D eigenvalue weighted by Gasteiger charge is -2.40. The summed E-state index contributed by atoms with van der Waals surface area (Å²) in [7, 11) is 0. The Morgan fingerprint density at radius 2 is 1.81 bits per heavy atom. The summed E-state index contributed by atoms with van der Waals surface area (Å²) in [4.78, 5) is 22.7.